The van der Waals surface area contributed by atoms with E-state index in [9.17, 15) is 14.4 Å². The SMILES string of the molecule is COC(=O)CCSc1cc2c(cc1Br)C(=O)C(=O)N2. The van der Waals surface area contributed by atoms with Gasteiger partial charge in [0, 0.05) is 15.1 Å². The minimum atomic E-state index is -0.612. The van der Waals surface area contributed by atoms with Gasteiger partial charge in [-0.05, 0) is 28.1 Å². The highest BCUT2D eigenvalue weighted by atomic mass is 79.9. The zero-order valence-corrected chi connectivity index (χ0v) is 12.4. The van der Waals surface area contributed by atoms with Crippen molar-refractivity contribution >= 4 is 51.0 Å². The third-order valence-corrected chi connectivity index (χ3v) is 4.54. The van der Waals surface area contributed by atoms with Crippen LogP contribution in [0.3, 0.4) is 0 Å². The molecule has 2 rings (SSSR count). The van der Waals surface area contributed by atoms with Crippen LogP contribution in [-0.4, -0.2) is 30.5 Å². The smallest absolute Gasteiger partial charge is 0.306 e. The van der Waals surface area contributed by atoms with E-state index in [0.717, 1.165) is 9.37 Å². The zero-order chi connectivity index (χ0) is 14.0. The van der Waals surface area contributed by atoms with Crippen LogP contribution in [0.2, 0.25) is 0 Å². The number of ketones is 1. The number of fused-ring (bicyclic) bond motifs is 1. The van der Waals surface area contributed by atoms with Gasteiger partial charge in [-0.3, -0.25) is 14.4 Å². The Morgan fingerprint density at radius 2 is 2.16 bits per heavy atom. The van der Waals surface area contributed by atoms with E-state index < -0.39 is 11.7 Å². The molecule has 0 saturated carbocycles. The highest BCUT2D eigenvalue weighted by molar-refractivity contribution is 9.10. The maximum absolute atomic E-state index is 11.5. The van der Waals surface area contributed by atoms with Gasteiger partial charge < -0.3 is 10.1 Å². The lowest BCUT2D eigenvalue weighted by Gasteiger charge is -2.06. The van der Waals surface area contributed by atoms with Gasteiger partial charge in [-0.2, -0.15) is 0 Å². The number of carbonyl (C=O) groups excluding carboxylic acids is 3. The molecule has 1 heterocycles. The molecule has 0 spiro atoms. The van der Waals surface area contributed by atoms with Gasteiger partial charge in [-0.1, -0.05) is 0 Å². The van der Waals surface area contributed by atoms with Crippen LogP contribution in [0.25, 0.3) is 0 Å². The summed E-state index contributed by atoms with van der Waals surface area (Å²) < 4.78 is 5.28. The molecular formula is C12H10BrNO4S. The summed E-state index contributed by atoms with van der Waals surface area (Å²) in [6.45, 7) is 0. The Hall–Kier alpha value is -1.34. The molecule has 0 fully saturated rings. The fraction of sp³-hybridized carbons (Fsp3) is 0.250. The molecule has 0 radical (unpaired) electrons. The van der Waals surface area contributed by atoms with Gasteiger partial charge in [-0.15, -0.1) is 11.8 Å². The average Bonchev–Trinajstić information content (AvgIpc) is 2.65. The first-order valence-electron chi connectivity index (χ1n) is 5.41. The van der Waals surface area contributed by atoms with Gasteiger partial charge in [0.05, 0.1) is 24.8 Å². The molecule has 5 nitrogen and oxygen atoms in total. The molecule has 1 N–H and O–H groups in total. The number of ether oxygens (including phenoxy) is 1. The number of thioether (sulfide) groups is 1. The third-order valence-electron chi connectivity index (χ3n) is 2.56. The molecule has 0 aliphatic carbocycles. The van der Waals surface area contributed by atoms with Crippen LogP contribution < -0.4 is 5.32 Å². The Bertz CT molecular complexity index is 573. The number of benzene rings is 1. The summed E-state index contributed by atoms with van der Waals surface area (Å²) in [4.78, 5) is 34.6. The van der Waals surface area contributed by atoms with E-state index >= 15 is 0 Å². The molecule has 0 atom stereocenters. The molecule has 7 heteroatoms. The van der Waals surface area contributed by atoms with Crippen LogP contribution >= 0.6 is 27.7 Å². The Labute approximate surface area is 122 Å². The van der Waals surface area contributed by atoms with Crippen molar-refractivity contribution in [3.05, 3.63) is 22.2 Å². The number of esters is 1. The van der Waals surface area contributed by atoms with E-state index in [0.29, 0.717) is 23.4 Å². The first kappa shape index (κ1) is 14.1. The minimum absolute atomic E-state index is 0.270. The van der Waals surface area contributed by atoms with Crippen molar-refractivity contribution in [3.8, 4) is 0 Å². The summed E-state index contributed by atoms with van der Waals surface area (Å²) in [5.41, 5.74) is 0.882. The first-order chi connectivity index (χ1) is 9.02. The van der Waals surface area contributed by atoms with Crippen LogP contribution in [0.1, 0.15) is 16.8 Å². The molecule has 1 aliphatic heterocycles. The van der Waals surface area contributed by atoms with Gasteiger partial charge >= 0.3 is 5.97 Å². The molecule has 1 amide bonds. The monoisotopic (exact) mass is 343 g/mol. The van der Waals surface area contributed by atoms with Gasteiger partial charge in [0.25, 0.3) is 11.7 Å². The van der Waals surface area contributed by atoms with E-state index in [1.54, 1.807) is 12.1 Å². The molecule has 0 aromatic heterocycles. The van der Waals surface area contributed by atoms with Crippen molar-refractivity contribution in [2.45, 2.75) is 11.3 Å². The molecule has 19 heavy (non-hydrogen) atoms. The Kier molecular flexibility index (Phi) is 4.26. The summed E-state index contributed by atoms with van der Waals surface area (Å²) in [7, 11) is 1.35. The van der Waals surface area contributed by atoms with Crippen LogP contribution in [0, 0.1) is 0 Å². The van der Waals surface area contributed by atoms with E-state index in [2.05, 4.69) is 26.0 Å². The number of hydrogen-bond donors (Lipinski definition) is 1. The summed E-state index contributed by atoms with van der Waals surface area (Å²) in [6, 6.07) is 3.35. The van der Waals surface area contributed by atoms with Crippen molar-refractivity contribution < 1.29 is 19.1 Å². The number of hydrogen-bond acceptors (Lipinski definition) is 5. The van der Waals surface area contributed by atoms with E-state index in [-0.39, 0.29) is 5.97 Å². The van der Waals surface area contributed by atoms with E-state index in [4.69, 9.17) is 0 Å². The molecule has 0 bridgehead atoms. The number of rotatable bonds is 4. The van der Waals surface area contributed by atoms with Crippen molar-refractivity contribution in [1.82, 2.24) is 0 Å². The van der Waals surface area contributed by atoms with E-state index in [1.165, 1.54) is 18.9 Å². The van der Waals surface area contributed by atoms with Crippen molar-refractivity contribution in [2.75, 3.05) is 18.2 Å². The van der Waals surface area contributed by atoms with Gasteiger partial charge in [0.15, 0.2) is 0 Å². The number of nitrogens with one attached hydrogen (secondary N) is 1. The second kappa shape index (κ2) is 5.75. The second-order valence-electron chi connectivity index (χ2n) is 3.79. The zero-order valence-electron chi connectivity index (χ0n) is 9.99. The van der Waals surface area contributed by atoms with Crippen molar-refractivity contribution in [1.29, 1.82) is 0 Å². The number of Topliss-reactive ketones (excluding diaryl/α,β-unsaturated/α-hetero) is 1. The van der Waals surface area contributed by atoms with Crippen LogP contribution in [0.15, 0.2) is 21.5 Å². The van der Waals surface area contributed by atoms with Crippen LogP contribution in [0.5, 0.6) is 0 Å². The predicted molar refractivity (Wildman–Crippen MR) is 74.5 cm³/mol. The maximum atomic E-state index is 11.5. The number of carbonyl (C=O) groups is 3. The average molecular weight is 344 g/mol. The summed E-state index contributed by atoms with van der Waals surface area (Å²) >= 11 is 4.80. The fourth-order valence-electron chi connectivity index (χ4n) is 1.60. The third kappa shape index (κ3) is 2.98. The second-order valence-corrected chi connectivity index (χ2v) is 5.78. The predicted octanol–water partition coefficient (Wildman–Crippen LogP) is 2.24. The Balaban J connectivity index is 2.12. The lowest BCUT2D eigenvalue weighted by molar-refractivity contribution is -0.140. The Morgan fingerprint density at radius 3 is 2.84 bits per heavy atom. The largest absolute Gasteiger partial charge is 0.469 e. The topological polar surface area (TPSA) is 72.5 Å². The summed E-state index contributed by atoms with van der Waals surface area (Å²) in [5.74, 6) is -0.847. The number of anilines is 1. The number of amides is 1. The van der Waals surface area contributed by atoms with Crippen molar-refractivity contribution in [3.63, 3.8) is 0 Å². The highest BCUT2D eigenvalue weighted by Crippen LogP contribution is 2.35. The maximum Gasteiger partial charge on any atom is 0.306 e. The van der Waals surface area contributed by atoms with Crippen molar-refractivity contribution in [2.24, 2.45) is 0 Å². The molecule has 0 saturated heterocycles. The quantitative estimate of drug-likeness (QED) is 0.515. The first-order valence-corrected chi connectivity index (χ1v) is 7.19. The Morgan fingerprint density at radius 1 is 1.42 bits per heavy atom. The number of methoxy groups -OCH3 is 1. The lowest BCUT2D eigenvalue weighted by atomic mass is 10.1. The standard InChI is InChI=1S/C12H10BrNO4S/c1-18-10(15)2-3-19-9-5-8-6(4-7(9)13)11(16)12(17)14-8/h4-5H,2-3H2,1H3,(H,14,16,17). The van der Waals surface area contributed by atoms with E-state index in [1.807, 2.05) is 0 Å². The van der Waals surface area contributed by atoms with Gasteiger partial charge in [0.2, 0.25) is 0 Å². The van der Waals surface area contributed by atoms with Crippen LogP contribution in [0.4, 0.5) is 5.69 Å². The lowest BCUT2D eigenvalue weighted by Crippen LogP contribution is -2.12. The summed E-state index contributed by atoms with van der Waals surface area (Å²) in [6.07, 6.45) is 0.302. The van der Waals surface area contributed by atoms with Crippen LogP contribution in [-0.2, 0) is 14.3 Å². The molecule has 1 aromatic rings. The molecule has 1 aromatic carbocycles. The highest BCUT2D eigenvalue weighted by Gasteiger charge is 2.28. The summed E-state index contributed by atoms with van der Waals surface area (Å²) in [5, 5.41) is 2.51. The minimum Gasteiger partial charge on any atom is -0.469 e. The normalized spacial score (nSPS) is 13.2. The molecule has 100 valence electrons. The fourth-order valence-corrected chi connectivity index (χ4v) is 3.18. The number of halogens is 1. The van der Waals surface area contributed by atoms with Gasteiger partial charge in [-0.25, -0.2) is 0 Å². The molecule has 0 unspecified atom stereocenters. The molecular weight excluding hydrogens is 334 g/mol. The molecule has 1 aliphatic rings. The van der Waals surface area contributed by atoms with Gasteiger partial charge in [0.1, 0.15) is 0 Å².